The number of methoxy groups -OCH3 is 1. The molecular weight excluding hydrogens is 200 g/mol. The van der Waals surface area contributed by atoms with Crippen LogP contribution < -0.4 is 16.2 Å². The Hall–Kier alpha value is -1.06. The fraction of sp³-hybridized carbons (Fsp3) is 0.538. The first-order valence-electron chi connectivity index (χ1n) is 5.59. The van der Waals surface area contributed by atoms with E-state index in [9.17, 15) is 0 Å². The fourth-order valence-corrected chi connectivity index (χ4v) is 1.65. The van der Waals surface area contributed by atoms with Gasteiger partial charge in [-0.1, -0.05) is 26.0 Å². The van der Waals surface area contributed by atoms with Gasteiger partial charge in [-0.25, -0.2) is 0 Å². The third-order valence-corrected chi connectivity index (χ3v) is 2.93. The summed E-state index contributed by atoms with van der Waals surface area (Å²) < 4.78 is 5.39. The molecule has 4 N–H and O–H groups in total. The van der Waals surface area contributed by atoms with Crippen LogP contribution in [0.1, 0.15) is 37.8 Å². The Morgan fingerprint density at radius 2 is 2.00 bits per heavy atom. The van der Waals surface area contributed by atoms with E-state index >= 15 is 0 Å². The highest BCUT2D eigenvalue weighted by Crippen LogP contribution is 2.30. The average Bonchev–Trinajstić information content (AvgIpc) is 2.28. The highest BCUT2D eigenvalue weighted by Gasteiger charge is 2.23. The van der Waals surface area contributed by atoms with Crippen LogP contribution in [-0.4, -0.2) is 13.7 Å². The quantitative estimate of drug-likeness (QED) is 0.818. The molecule has 0 bridgehead atoms. The minimum atomic E-state index is -0.541. The van der Waals surface area contributed by atoms with Crippen molar-refractivity contribution in [2.75, 3.05) is 13.7 Å². The Balaban J connectivity index is 3.22. The first-order valence-corrected chi connectivity index (χ1v) is 5.59. The fourth-order valence-electron chi connectivity index (χ4n) is 1.65. The molecule has 16 heavy (non-hydrogen) atoms. The molecular formula is C13H22N2O. The molecule has 1 atom stereocenters. The third kappa shape index (κ3) is 2.54. The van der Waals surface area contributed by atoms with Gasteiger partial charge in [-0.05, 0) is 24.5 Å². The zero-order valence-corrected chi connectivity index (χ0v) is 10.6. The lowest BCUT2D eigenvalue weighted by Gasteiger charge is -2.26. The summed E-state index contributed by atoms with van der Waals surface area (Å²) in [5, 5.41) is 0. The molecule has 0 spiro atoms. The van der Waals surface area contributed by atoms with E-state index < -0.39 is 5.54 Å². The summed E-state index contributed by atoms with van der Waals surface area (Å²) in [4.78, 5) is 0. The lowest BCUT2D eigenvalue weighted by atomic mass is 9.90. The van der Waals surface area contributed by atoms with E-state index in [-0.39, 0.29) is 0 Å². The van der Waals surface area contributed by atoms with Crippen LogP contribution in [-0.2, 0) is 5.54 Å². The highest BCUT2D eigenvalue weighted by molar-refractivity contribution is 5.42. The first-order chi connectivity index (χ1) is 7.42. The summed E-state index contributed by atoms with van der Waals surface area (Å²) in [5.74, 6) is 1.30. The number of hydrogen-bond acceptors (Lipinski definition) is 3. The molecule has 0 heterocycles. The monoisotopic (exact) mass is 222 g/mol. The summed E-state index contributed by atoms with van der Waals surface area (Å²) in [6, 6.07) is 6.14. The van der Waals surface area contributed by atoms with Gasteiger partial charge in [0.1, 0.15) is 5.75 Å². The van der Waals surface area contributed by atoms with Gasteiger partial charge in [0.2, 0.25) is 0 Å². The van der Waals surface area contributed by atoms with Crippen molar-refractivity contribution in [2.24, 2.45) is 11.5 Å². The van der Waals surface area contributed by atoms with E-state index in [0.29, 0.717) is 12.5 Å². The van der Waals surface area contributed by atoms with Gasteiger partial charge in [0, 0.05) is 12.1 Å². The molecule has 0 aromatic heterocycles. The molecule has 1 rings (SSSR count). The van der Waals surface area contributed by atoms with Gasteiger partial charge < -0.3 is 16.2 Å². The van der Waals surface area contributed by atoms with Crippen LogP contribution in [0.4, 0.5) is 0 Å². The molecule has 0 amide bonds. The molecule has 0 aliphatic heterocycles. The molecule has 0 aliphatic carbocycles. The third-order valence-electron chi connectivity index (χ3n) is 2.93. The van der Waals surface area contributed by atoms with Crippen LogP contribution in [0.2, 0.25) is 0 Å². The smallest absolute Gasteiger partial charge is 0.124 e. The van der Waals surface area contributed by atoms with Gasteiger partial charge in [-0.2, -0.15) is 0 Å². The molecule has 1 unspecified atom stereocenters. The second-order valence-electron chi connectivity index (χ2n) is 4.74. The Kier molecular flexibility index (Phi) is 3.94. The van der Waals surface area contributed by atoms with E-state index in [1.54, 1.807) is 7.11 Å². The van der Waals surface area contributed by atoms with Crippen molar-refractivity contribution >= 4 is 0 Å². The normalized spacial score (nSPS) is 14.9. The summed E-state index contributed by atoms with van der Waals surface area (Å²) in [5.41, 5.74) is 13.5. The second-order valence-corrected chi connectivity index (χ2v) is 4.74. The van der Waals surface area contributed by atoms with Crippen LogP contribution in [0.15, 0.2) is 18.2 Å². The number of ether oxygens (including phenoxy) is 1. The Morgan fingerprint density at radius 1 is 1.38 bits per heavy atom. The minimum Gasteiger partial charge on any atom is -0.496 e. The zero-order chi connectivity index (χ0) is 12.3. The molecule has 3 nitrogen and oxygen atoms in total. The number of hydrogen-bond donors (Lipinski definition) is 2. The van der Waals surface area contributed by atoms with Crippen molar-refractivity contribution in [1.29, 1.82) is 0 Å². The van der Waals surface area contributed by atoms with Crippen molar-refractivity contribution in [3.05, 3.63) is 29.3 Å². The maximum atomic E-state index is 6.13. The zero-order valence-electron chi connectivity index (χ0n) is 10.6. The van der Waals surface area contributed by atoms with Crippen molar-refractivity contribution in [3.63, 3.8) is 0 Å². The van der Waals surface area contributed by atoms with Crippen molar-refractivity contribution in [1.82, 2.24) is 0 Å². The molecule has 3 heteroatoms. The maximum absolute atomic E-state index is 6.13. The van der Waals surface area contributed by atoms with Crippen LogP contribution in [0.5, 0.6) is 5.75 Å². The lowest BCUT2D eigenvalue weighted by Crippen LogP contribution is -2.41. The summed E-state index contributed by atoms with van der Waals surface area (Å²) >= 11 is 0. The summed E-state index contributed by atoms with van der Waals surface area (Å²) in [6.07, 6.45) is 0. The first kappa shape index (κ1) is 13.0. The maximum Gasteiger partial charge on any atom is 0.124 e. The van der Waals surface area contributed by atoms with E-state index in [0.717, 1.165) is 11.3 Å². The molecule has 0 saturated carbocycles. The van der Waals surface area contributed by atoms with Crippen molar-refractivity contribution in [2.45, 2.75) is 32.2 Å². The lowest BCUT2D eigenvalue weighted by molar-refractivity contribution is 0.388. The van der Waals surface area contributed by atoms with Gasteiger partial charge in [-0.3, -0.25) is 0 Å². The molecule has 90 valence electrons. The van der Waals surface area contributed by atoms with E-state index in [2.05, 4.69) is 19.9 Å². The number of nitrogens with two attached hydrogens (primary N) is 2. The Morgan fingerprint density at radius 3 is 2.44 bits per heavy atom. The van der Waals surface area contributed by atoms with Gasteiger partial charge in [0.25, 0.3) is 0 Å². The highest BCUT2D eigenvalue weighted by atomic mass is 16.5. The SMILES string of the molecule is COc1cc(C(C)C)ccc1C(C)(N)CN. The predicted molar refractivity (Wildman–Crippen MR) is 67.7 cm³/mol. The average molecular weight is 222 g/mol. The molecule has 1 aromatic rings. The predicted octanol–water partition coefficient (Wildman–Crippen LogP) is 1.95. The van der Waals surface area contributed by atoms with Gasteiger partial charge in [0.15, 0.2) is 0 Å². The molecule has 0 saturated heterocycles. The van der Waals surface area contributed by atoms with Crippen LogP contribution in [0.25, 0.3) is 0 Å². The van der Waals surface area contributed by atoms with E-state index in [1.165, 1.54) is 5.56 Å². The van der Waals surface area contributed by atoms with Crippen molar-refractivity contribution in [3.8, 4) is 5.75 Å². The summed E-state index contributed by atoms with van der Waals surface area (Å²) in [6.45, 7) is 6.61. The number of rotatable bonds is 4. The topological polar surface area (TPSA) is 61.3 Å². The van der Waals surface area contributed by atoms with Gasteiger partial charge in [0.05, 0.1) is 12.6 Å². The molecule has 0 aliphatic rings. The van der Waals surface area contributed by atoms with Crippen LogP contribution >= 0.6 is 0 Å². The number of benzene rings is 1. The second kappa shape index (κ2) is 4.85. The van der Waals surface area contributed by atoms with Gasteiger partial charge >= 0.3 is 0 Å². The van der Waals surface area contributed by atoms with E-state index in [1.807, 2.05) is 19.1 Å². The molecule has 1 aromatic carbocycles. The van der Waals surface area contributed by atoms with Crippen LogP contribution in [0.3, 0.4) is 0 Å². The standard InChI is InChI=1S/C13H22N2O/c1-9(2)10-5-6-11(12(7-10)16-4)13(3,15)8-14/h5-7,9H,8,14-15H2,1-4H3. The van der Waals surface area contributed by atoms with Crippen molar-refractivity contribution < 1.29 is 4.74 Å². The largest absolute Gasteiger partial charge is 0.496 e. The Labute approximate surface area is 97.8 Å². The summed E-state index contributed by atoms with van der Waals surface area (Å²) in [7, 11) is 1.66. The Bertz CT molecular complexity index is 359. The van der Waals surface area contributed by atoms with Crippen LogP contribution in [0, 0.1) is 0 Å². The molecule has 0 fully saturated rings. The van der Waals surface area contributed by atoms with E-state index in [4.69, 9.17) is 16.2 Å². The van der Waals surface area contributed by atoms with Gasteiger partial charge in [-0.15, -0.1) is 0 Å². The minimum absolute atomic E-state index is 0.393. The molecule has 0 radical (unpaired) electrons.